The van der Waals surface area contributed by atoms with Gasteiger partial charge in [-0.3, -0.25) is 14.8 Å². The average Bonchev–Trinajstić information content (AvgIpc) is 3.16. The van der Waals surface area contributed by atoms with Crippen molar-refractivity contribution in [1.29, 1.82) is 0 Å². The van der Waals surface area contributed by atoms with Gasteiger partial charge in [-0.1, -0.05) is 12.1 Å². The van der Waals surface area contributed by atoms with Gasteiger partial charge in [0.25, 0.3) is 5.91 Å². The first kappa shape index (κ1) is 14.3. The van der Waals surface area contributed by atoms with Crippen LogP contribution in [0.1, 0.15) is 22.2 Å². The largest absolute Gasteiger partial charge is 0.497 e. The summed E-state index contributed by atoms with van der Waals surface area (Å²) in [6.07, 6.45) is 1.32. The van der Waals surface area contributed by atoms with Gasteiger partial charge < -0.3 is 10.1 Å². The van der Waals surface area contributed by atoms with E-state index in [0.717, 1.165) is 22.8 Å². The lowest BCUT2D eigenvalue weighted by atomic mass is 10.1. The van der Waals surface area contributed by atoms with Crippen LogP contribution in [0, 0.1) is 0 Å². The van der Waals surface area contributed by atoms with Gasteiger partial charge in [0.05, 0.1) is 18.4 Å². The molecule has 6 nitrogen and oxygen atoms in total. The quantitative estimate of drug-likeness (QED) is 0.777. The molecule has 2 heterocycles. The molecular weight excluding hydrogens is 304 g/mol. The third-order valence-electron chi connectivity index (χ3n) is 4.09. The number of hydrogen-bond acceptors (Lipinski definition) is 4. The molecular formula is C18H16N4O2. The number of ether oxygens (including phenoxy) is 1. The summed E-state index contributed by atoms with van der Waals surface area (Å²) in [5, 5.41) is 10.4. The number of H-pyrrole nitrogens is 1. The molecule has 0 saturated heterocycles. The normalized spacial score (nSPS) is 16.5. The maximum atomic E-state index is 13.1. The molecule has 0 fully saturated rings. The number of nitrogens with one attached hydrogen (secondary N) is 2. The van der Waals surface area contributed by atoms with E-state index >= 15 is 0 Å². The zero-order valence-corrected chi connectivity index (χ0v) is 13.1. The van der Waals surface area contributed by atoms with Crippen LogP contribution < -0.4 is 15.0 Å². The van der Waals surface area contributed by atoms with Gasteiger partial charge in [0, 0.05) is 17.6 Å². The molecule has 1 aliphatic heterocycles. The molecule has 0 bridgehead atoms. The Bertz CT molecular complexity index is 859. The van der Waals surface area contributed by atoms with Crippen molar-refractivity contribution in [3.63, 3.8) is 0 Å². The van der Waals surface area contributed by atoms with Crippen LogP contribution in [0.15, 0.2) is 60.8 Å². The Kier molecular flexibility index (Phi) is 3.42. The number of amides is 1. The maximum absolute atomic E-state index is 13.1. The van der Waals surface area contributed by atoms with Crippen LogP contribution in [0.5, 0.6) is 5.75 Å². The minimum atomic E-state index is -0.358. The number of methoxy groups -OCH3 is 1. The Labute approximate surface area is 139 Å². The molecule has 24 heavy (non-hydrogen) atoms. The Hall–Kier alpha value is -3.28. The van der Waals surface area contributed by atoms with Crippen molar-refractivity contribution in [2.24, 2.45) is 0 Å². The van der Waals surface area contributed by atoms with E-state index in [4.69, 9.17) is 4.74 Å². The summed E-state index contributed by atoms with van der Waals surface area (Å²) in [5.41, 5.74) is 3.05. The summed E-state index contributed by atoms with van der Waals surface area (Å²) < 4.78 is 5.20. The van der Waals surface area contributed by atoms with E-state index in [0.29, 0.717) is 5.56 Å². The number of hydrogen-bond donors (Lipinski definition) is 2. The highest BCUT2D eigenvalue weighted by Crippen LogP contribution is 2.36. The SMILES string of the molecule is COc1ccc(N2C(=O)c3ccccc3N[C@@H]2c2ccn[nH]2)cc1. The number of rotatable bonds is 3. The highest BCUT2D eigenvalue weighted by molar-refractivity contribution is 6.12. The van der Waals surface area contributed by atoms with Crippen LogP contribution in [0.2, 0.25) is 0 Å². The van der Waals surface area contributed by atoms with Crippen molar-refractivity contribution in [2.75, 3.05) is 17.3 Å². The summed E-state index contributed by atoms with van der Waals surface area (Å²) in [6.45, 7) is 0. The van der Waals surface area contributed by atoms with E-state index in [1.165, 1.54) is 0 Å². The van der Waals surface area contributed by atoms with Gasteiger partial charge >= 0.3 is 0 Å². The first-order valence-corrected chi connectivity index (χ1v) is 7.60. The minimum absolute atomic E-state index is 0.0610. The molecule has 6 heteroatoms. The molecule has 1 aromatic heterocycles. The summed E-state index contributed by atoms with van der Waals surface area (Å²) in [6, 6.07) is 16.8. The van der Waals surface area contributed by atoms with Gasteiger partial charge in [-0.25, -0.2) is 0 Å². The molecule has 4 rings (SSSR count). The van der Waals surface area contributed by atoms with E-state index in [2.05, 4.69) is 15.5 Å². The third kappa shape index (κ3) is 2.28. The fourth-order valence-electron chi connectivity index (χ4n) is 2.90. The van der Waals surface area contributed by atoms with Crippen molar-refractivity contribution >= 4 is 17.3 Å². The predicted molar refractivity (Wildman–Crippen MR) is 91.2 cm³/mol. The molecule has 1 atom stereocenters. The van der Waals surface area contributed by atoms with E-state index in [1.54, 1.807) is 18.2 Å². The number of aromatic amines is 1. The fourth-order valence-corrected chi connectivity index (χ4v) is 2.90. The number of nitrogens with zero attached hydrogens (tertiary/aromatic N) is 2. The molecule has 1 amide bonds. The lowest BCUT2D eigenvalue weighted by molar-refractivity contribution is 0.0974. The lowest BCUT2D eigenvalue weighted by Gasteiger charge is -2.37. The standard InChI is InChI=1S/C18H16N4O2/c1-24-13-8-6-12(7-9-13)22-17(16-10-11-19-21-16)20-15-5-3-2-4-14(15)18(22)23/h2-11,17,20H,1H3,(H,19,21)/t17-/m0/s1. The topological polar surface area (TPSA) is 70.2 Å². The van der Waals surface area contributed by atoms with Gasteiger partial charge in [0.15, 0.2) is 0 Å². The van der Waals surface area contributed by atoms with Crippen molar-refractivity contribution < 1.29 is 9.53 Å². The lowest BCUT2D eigenvalue weighted by Crippen LogP contribution is -2.43. The second kappa shape index (κ2) is 5.73. The van der Waals surface area contributed by atoms with Gasteiger partial charge in [0.2, 0.25) is 0 Å². The fraction of sp³-hybridized carbons (Fsp3) is 0.111. The highest BCUT2D eigenvalue weighted by Gasteiger charge is 2.34. The Morgan fingerprint density at radius 1 is 1.08 bits per heavy atom. The van der Waals surface area contributed by atoms with E-state index in [9.17, 15) is 4.79 Å². The Morgan fingerprint density at radius 3 is 2.58 bits per heavy atom. The van der Waals surface area contributed by atoms with Crippen molar-refractivity contribution in [3.8, 4) is 5.75 Å². The van der Waals surface area contributed by atoms with E-state index in [-0.39, 0.29) is 12.1 Å². The Balaban J connectivity index is 1.82. The summed E-state index contributed by atoms with van der Waals surface area (Å²) in [7, 11) is 1.62. The smallest absolute Gasteiger partial charge is 0.262 e. The van der Waals surface area contributed by atoms with Crippen LogP contribution in [0.3, 0.4) is 0 Å². The predicted octanol–water partition coefficient (Wildman–Crippen LogP) is 3.19. The zero-order chi connectivity index (χ0) is 16.5. The minimum Gasteiger partial charge on any atom is -0.497 e. The molecule has 2 aromatic carbocycles. The molecule has 0 saturated carbocycles. The molecule has 0 aliphatic carbocycles. The average molecular weight is 320 g/mol. The molecule has 120 valence electrons. The van der Waals surface area contributed by atoms with Gasteiger partial charge in [-0.05, 0) is 42.5 Å². The van der Waals surface area contributed by atoms with Crippen molar-refractivity contribution in [2.45, 2.75) is 6.17 Å². The number of para-hydroxylation sites is 1. The first-order chi connectivity index (χ1) is 11.8. The third-order valence-corrected chi connectivity index (χ3v) is 4.09. The maximum Gasteiger partial charge on any atom is 0.262 e. The monoisotopic (exact) mass is 320 g/mol. The number of anilines is 2. The van der Waals surface area contributed by atoms with Gasteiger partial charge in [0.1, 0.15) is 11.9 Å². The molecule has 3 aromatic rings. The van der Waals surface area contributed by atoms with Crippen LogP contribution >= 0.6 is 0 Å². The van der Waals surface area contributed by atoms with E-state index < -0.39 is 0 Å². The number of aromatic nitrogens is 2. The number of benzene rings is 2. The number of fused-ring (bicyclic) bond motifs is 1. The van der Waals surface area contributed by atoms with Crippen LogP contribution in [0.25, 0.3) is 0 Å². The number of carbonyl (C=O) groups is 1. The van der Waals surface area contributed by atoms with Crippen LogP contribution in [0.4, 0.5) is 11.4 Å². The second-order valence-corrected chi connectivity index (χ2v) is 5.48. The van der Waals surface area contributed by atoms with Crippen molar-refractivity contribution in [3.05, 3.63) is 72.1 Å². The Morgan fingerprint density at radius 2 is 1.88 bits per heavy atom. The van der Waals surface area contributed by atoms with Gasteiger partial charge in [-0.2, -0.15) is 5.10 Å². The summed E-state index contributed by atoms with van der Waals surface area (Å²) in [5.74, 6) is 0.684. The molecule has 1 aliphatic rings. The molecule has 0 unspecified atom stereocenters. The van der Waals surface area contributed by atoms with Gasteiger partial charge in [-0.15, -0.1) is 0 Å². The van der Waals surface area contributed by atoms with Crippen LogP contribution in [-0.4, -0.2) is 23.2 Å². The van der Waals surface area contributed by atoms with E-state index in [1.807, 2.05) is 54.6 Å². The second-order valence-electron chi connectivity index (χ2n) is 5.48. The molecule has 0 radical (unpaired) electrons. The molecule has 2 N–H and O–H groups in total. The summed E-state index contributed by atoms with van der Waals surface area (Å²) in [4.78, 5) is 14.8. The van der Waals surface area contributed by atoms with Crippen LogP contribution in [-0.2, 0) is 0 Å². The highest BCUT2D eigenvalue weighted by atomic mass is 16.5. The molecule has 0 spiro atoms. The number of carbonyl (C=O) groups excluding carboxylic acids is 1. The zero-order valence-electron chi connectivity index (χ0n) is 13.1. The van der Waals surface area contributed by atoms with Crippen molar-refractivity contribution in [1.82, 2.24) is 10.2 Å². The summed E-state index contributed by atoms with van der Waals surface area (Å²) >= 11 is 0. The first-order valence-electron chi connectivity index (χ1n) is 7.60.